The van der Waals surface area contributed by atoms with E-state index in [0.717, 1.165) is 0 Å². The number of hydrogen-bond donors (Lipinski definition) is 1. The Bertz CT molecular complexity index is 206. The van der Waals surface area contributed by atoms with Gasteiger partial charge in [-0.05, 0) is 12.0 Å². The highest BCUT2D eigenvalue weighted by molar-refractivity contribution is 5.75. The van der Waals surface area contributed by atoms with Crippen molar-refractivity contribution in [3.05, 3.63) is 23.8 Å². The van der Waals surface area contributed by atoms with Crippen molar-refractivity contribution < 1.29 is 9.90 Å². The van der Waals surface area contributed by atoms with E-state index in [1.807, 2.05) is 6.08 Å². The Morgan fingerprint density at radius 2 is 2.50 bits per heavy atom. The zero-order chi connectivity index (χ0) is 7.56. The van der Waals surface area contributed by atoms with Crippen LogP contribution in [0.4, 0.5) is 0 Å². The van der Waals surface area contributed by atoms with Crippen LogP contribution in [0.5, 0.6) is 0 Å². The molecule has 0 saturated heterocycles. The van der Waals surface area contributed by atoms with Gasteiger partial charge in [0.05, 0.1) is 12.0 Å². The Balaban J connectivity index is 2.59. The van der Waals surface area contributed by atoms with E-state index >= 15 is 0 Å². The molecule has 1 aliphatic carbocycles. The van der Waals surface area contributed by atoms with Gasteiger partial charge in [0, 0.05) is 0 Å². The van der Waals surface area contributed by atoms with Crippen molar-refractivity contribution in [2.24, 2.45) is 5.73 Å². The Kier molecular flexibility index (Phi) is 1.87. The van der Waals surface area contributed by atoms with Crippen molar-refractivity contribution in [2.45, 2.75) is 12.5 Å². The molecule has 54 valence electrons. The third-order valence-corrected chi connectivity index (χ3v) is 1.45. The summed E-state index contributed by atoms with van der Waals surface area (Å²) in [5.74, 6) is -1.21. The van der Waals surface area contributed by atoms with Crippen LogP contribution in [0.25, 0.3) is 0 Å². The Labute approximate surface area is 58.8 Å². The van der Waals surface area contributed by atoms with Gasteiger partial charge < -0.3 is 15.6 Å². The number of rotatable bonds is 2. The fraction of sp³-hybridized carbons (Fsp3) is 0.286. The zero-order valence-electron chi connectivity index (χ0n) is 5.41. The maximum Gasteiger partial charge on any atom is 0.0664 e. The maximum absolute atomic E-state index is 10.2. The van der Waals surface area contributed by atoms with Crippen molar-refractivity contribution in [1.29, 1.82) is 0 Å². The highest BCUT2D eigenvalue weighted by atomic mass is 16.4. The number of carbonyl (C=O) groups is 1. The van der Waals surface area contributed by atoms with E-state index in [0.29, 0.717) is 12.0 Å². The molecule has 0 aliphatic heterocycles. The lowest BCUT2D eigenvalue weighted by Gasteiger charge is -2.12. The molecule has 0 aromatic rings. The number of carboxylic acid groups (broad SMARTS) is 1. The first-order valence-electron chi connectivity index (χ1n) is 3.04. The van der Waals surface area contributed by atoms with Gasteiger partial charge in [-0.2, -0.15) is 0 Å². The molecule has 0 heterocycles. The summed E-state index contributed by atoms with van der Waals surface area (Å²) in [5, 5.41) is 10.2. The normalized spacial score (nSPS) is 18.7. The Morgan fingerprint density at radius 1 is 1.80 bits per heavy atom. The molecule has 1 atom stereocenters. The fourth-order valence-electron chi connectivity index (χ4n) is 0.846. The summed E-state index contributed by atoms with van der Waals surface area (Å²) in [4.78, 5) is 10.2. The summed E-state index contributed by atoms with van der Waals surface area (Å²) in [6.07, 6.45) is 5.99. The fourth-order valence-corrected chi connectivity index (χ4v) is 0.846. The second kappa shape index (κ2) is 2.66. The molecule has 2 N–H and O–H groups in total. The molecule has 0 saturated carbocycles. The smallest absolute Gasteiger partial charge is 0.0664 e. The van der Waals surface area contributed by atoms with Crippen molar-refractivity contribution >= 4 is 5.97 Å². The Morgan fingerprint density at radius 3 is 2.90 bits per heavy atom. The van der Waals surface area contributed by atoms with E-state index in [2.05, 4.69) is 0 Å². The van der Waals surface area contributed by atoms with Crippen molar-refractivity contribution in [3.63, 3.8) is 0 Å². The largest absolute Gasteiger partial charge is 0.548 e. The summed E-state index contributed by atoms with van der Waals surface area (Å²) in [7, 11) is 0. The number of nitrogens with two attached hydrogens (primary N) is 1. The molecule has 0 amide bonds. The molecular formula is C7H8NO2-. The molecule has 0 bridgehead atoms. The van der Waals surface area contributed by atoms with E-state index < -0.39 is 12.0 Å². The second-order valence-electron chi connectivity index (χ2n) is 2.17. The third kappa shape index (κ3) is 1.25. The molecule has 0 aromatic heterocycles. The minimum Gasteiger partial charge on any atom is -0.548 e. The summed E-state index contributed by atoms with van der Waals surface area (Å²) >= 11 is 0. The van der Waals surface area contributed by atoms with Crippen LogP contribution in [0, 0.1) is 0 Å². The topological polar surface area (TPSA) is 66.2 Å². The Hall–Kier alpha value is -1.09. The molecule has 1 rings (SSSR count). The van der Waals surface area contributed by atoms with Crippen LogP contribution in [0.15, 0.2) is 23.8 Å². The average molecular weight is 138 g/mol. The highest BCUT2D eigenvalue weighted by Crippen LogP contribution is 2.12. The maximum atomic E-state index is 10.2. The monoisotopic (exact) mass is 138 g/mol. The minimum absolute atomic E-state index is 0.634. The minimum atomic E-state index is -1.21. The van der Waals surface area contributed by atoms with Gasteiger partial charge in [-0.3, -0.25) is 0 Å². The summed E-state index contributed by atoms with van der Waals surface area (Å²) in [6, 6.07) is -0.935. The SMILES string of the molecule is N[C@H](C(=O)[O-])C1=CC=CC1. The van der Waals surface area contributed by atoms with Gasteiger partial charge in [0.2, 0.25) is 0 Å². The van der Waals surface area contributed by atoms with E-state index in [1.54, 1.807) is 12.2 Å². The summed E-state index contributed by atoms with van der Waals surface area (Å²) in [6.45, 7) is 0. The van der Waals surface area contributed by atoms with Gasteiger partial charge in [0.15, 0.2) is 0 Å². The van der Waals surface area contributed by atoms with Crippen molar-refractivity contribution in [1.82, 2.24) is 0 Å². The number of carbonyl (C=O) groups excluding carboxylic acids is 1. The third-order valence-electron chi connectivity index (χ3n) is 1.45. The van der Waals surface area contributed by atoms with Crippen LogP contribution in [0.1, 0.15) is 6.42 Å². The summed E-state index contributed by atoms with van der Waals surface area (Å²) in [5.41, 5.74) is 5.96. The number of hydrogen-bond acceptors (Lipinski definition) is 3. The zero-order valence-corrected chi connectivity index (χ0v) is 5.41. The van der Waals surface area contributed by atoms with Gasteiger partial charge in [0.25, 0.3) is 0 Å². The van der Waals surface area contributed by atoms with Crippen molar-refractivity contribution in [3.8, 4) is 0 Å². The molecule has 0 unspecified atom stereocenters. The molecule has 0 aromatic carbocycles. The molecule has 0 spiro atoms. The van der Waals surface area contributed by atoms with E-state index in [9.17, 15) is 9.90 Å². The van der Waals surface area contributed by atoms with Crippen LogP contribution in [0.2, 0.25) is 0 Å². The first-order valence-corrected chi connectivity index (χ1v) is 3.04. The molecule has 10 heavy (non-hydrogen) atoms. The van der Waals surface area contributed by atoms with Crippen LogP contribution in [0.3, 0.4) is 0 Å². The lowest BCUT2D eigenvalue weighted by atomic mass is 10.1. The van der Waals surface area contributed by atoms with Gasteiger partial charge in [0.1, 0.15) is 0 Å². The molecule has 0 radical (unpaired) electrons. The molecule has 0 fully saturated rings. The number of carboxylic acids is 1. The van der Waals surface area contributed by atoms with Gasteiger partial charge in [-0.25, -0.2) is 0 Å². The standard InChI is InChI=1S/C7H9NO2/c8-6(7(9)10)5-3-1-2-4-5/h1-3,6H,4,8H2,(H,9,10)/p-1/t6-/m0/s1. The van der Waals surface area contributed by atoms with E-state index in [4.69, 9.17) is 5.73 Å². The van der Waals surface area contributed by atoms with E-state index in [1.165, 1.54) is 0 Å². The van der Waals surface area contributed by atoms with Crippen LogP contribution < -0.4 is 10.8 Å². The van der Waals surface area contributed by atoms with Gasteiger partial charge >= 0.3 is 0 Å². The van der Waals surface area contributed by atoms with Gasteiger partial charge in [-0.15, -0.1) is 0 Å². The van der Waals surface area contributed by atoms with Crippen LogP contribution in [-0.2, 0) is 4.79 Å². The predicted molar refractivity (Wildman–Crippen MR) is 34.8 cm³/mol. The average Bonchev–Trinajstić information content (AvgIpc) is 2.36. The first kappa shape index (κ1) is 7.02. The van der Waals surface area contributed by atoms with Gasteiger partial charge in [-0.1, -0.05) is 18.2 Å². The van der Waals surface area contributed by atoms with Crippen LogP contribution >= 0.6 is 0 Å². The molecular weight excluding hydrogens is 130 g/mol. The number of aliphatic carboxylic acids is 1. The lowest BCUT2D eigenvalue weighted by Crippen LogP contribution is -2.42. The molecule has 3 nitrogen and oxygen atoms in total. The quantitative estimate of drug-likeness (QED) is 0.529. The second-order valence-corrected chi connectivity index (χ2v) is 2.17. The lowest BCUT2D eigenvalue weighted by molar-refractivity contribution is -0.306. The molecule has 3 heteroatoms. The predicted octanol–water partition coefficient (Wildman–Crippen LogP) is -1.05. The molecule has 1 aliphatic rings. The number of allylic oxidation sites excluding steroid dienone is 3. The summed E-state index contributed by atoms with van der Waals surface area (Å²) < 4.78 is 0. The van der Waals surface area contributed by atoms with E-state index in [-0.39, 0.29) is 0 Å². The van der Waals surface area contributed by atoms with Crippen LogP contribution in [-0.4, -0.2) is 12.0 Å². The first-order chi connectivity index (χ1) is 4.72. The highest BCUT2D eigenvalue weighted by Gasteiger charge is 2.09. The van der Waals surface area contributed by atoms with Crippen molar-refractivity contribution in [2.75, 3.05) is 0 Å².